The average Bonchev–Trinajstić information content (AvgIpc) is 3.08. The van der Waals surface area contributed by atoms with Gasteiger partial charge in [-0.25, -0.2) is 4.79 Å². The van der Waals surface area contributed by atoms with Crippen LogP contribution in [0, 0.1) is 0 Å². The van der Waals surface area contributed by atoms with Gasteiger partial charge in [-0.05, 0) is 55.2 Å². The molecule has 1 heterocycles. The molecule has 1 aromatic heterocycles. The molecule has 0 amide bonds. The van der Waals surface area contributed by atoms with Gasteiger partial charge in [-0.2, -0.15) is 0 Å². The Hall–Kier alpha value is -3.45. The van der Waals surface area contributed by atoms with Gasteiger partial charge in [0.25, 0.3) is 5.56 Å². The molecule has 0 N–H and O–H groups in total. The second-order valence-electron chi connectivity index (χ2n) is 8.14. The molecule has 2 aromatic carbocycles. The van der Waals surface area contributed by atoms with Gasteiger partial charge in [-0.1, -0.05) is 38.1 Å². The number of carbonyl (C=O) groups excluding carboxylic acids is 2. The van der Waals surface area contributed by atoms with Crippen LogP contribution in [0.2, 0.25) is 0 Å². The number of aromatic nitrogens is 1. The smallest absolute Gasteiger partial charge is 0.333 e. The number of carbonyl (C=O) groups is 2. The summed E-state index contributed by atoms with van der Waals surface area (Å²) >= 11 is 1.22. The highest BCUT2D eigenvalue weighted by Gasteiger charge is 2.13. The molecule has 0 aliphatic carbocycles. The topological polar surface area (TPSA) is 74.6 Å². The minimum absolute atomic E-state index is 0.0845. The summed E-state index contributed by atoms with van der Waals surface area (Å²) in [6.45, 7) is 7.85. The van der Waals surface area contributed by atoms with E-state index < -0.39 is 5.97 Å². The zero-order valence-corrected chi connectivity index (χ0v) is 20.9. The van der Waals surface area contributed by atoms with Crippen LogP contribution in [0.4, 0.5) is 0 Å². The van der Waals surface area contributed by atoms with Crippen LogP contribution in [-0.2, 0) is 16.1 Å². The van der Waals surface area contributed by atoms with Crippen LogP contribution in [0.3, 0.4) is 0 Å². The van der Waals surface area contributed by atoms with E-state index in [4.69, 9.17) is 9.47 Å². The summed E-state index contributed by atoms with van der Waals surface area (Å²) in [5.74, 6) is 0.369. The van der Waals surface area contributed by atoms with E-state index in [1.807, 2.05) is 30.3 Å². The lowest BCUT2D eigenvalue weighted by atomic mass is 10.0. The van der Waals surface area contributed by atoms with Gasteiger partial charge in [-0.15, -0.1) is 11.3 Å². The number of ketones is 1. The van der Waals surface area contributed by atoms with E-state index in [1.54, 1.807) is 25.1 Å². The highest BCUT2D eigenvalue weighted by molar-refractivity contribution is 7.07. The van der Waals surface area contributed by atoms with Crippen molar-refractivity contribution in [2.24, 2.45) is 0 Å². The second-order valence-corrected chi connectivity index (χ2v) is 9.20. The van der Waals surface area contributed by atoms with Gasteiger partial charge in [0, 0.05) is 11.1 Å². The fourth-order valence-corrected chi connectivity index (χ4v) is 4.53. The van der Waals surface area contributed by atoms with Crippen LogP contribution in [0.15, 0.2) is 47.3 Å². The molecule has 0 bridgehead atoms. The van der Waals surface area contributed by atoms with Crippen molar-refractivity contribution in [2.75, 3.05) is 13.7 Å². The summed E-state index contributed by atoms with van der Waals surface area (Å²) in [7, 11) is 1.54. The number of thiazole rings is 1. The van der Waals surface area contributed by atoms with E-state index in [0.717, 1.165) is 5.56 Å². The van der Waals surface area contributed by atoms with Crippen molar-refractivity contribution in [3.63, 3.8) is 0 Å². The molecule has 6 nitrogen and oxygen atoms in total. The normalized spacial score (nSPS) is 12.3. The number of rotatable bonds is 8. The molecule has 178 valence electrons. The molecule has 0 fully saturated rings. The summed E-state index contributed by atoms with van der Waals surface area (Å²) < 4.78 is 13.0. The highest BCUT2D eigenvalue weighted by Crippen LogP contribution is 2.21. The number of nitrogens with zero attached hydrogens (tertiary/aromatic N) is 1. The van der Waals surface area contributed by atoms with Crippen molar-refractivity contribution in [2.45, 2.75) is 40.2 Å². The second kappa shape index (κ2) is 11.1. The third-order valence-corrected chi connectivity index (χ3v) is 6.44. The standard InChI is InChI=1S/C27H29NO5S/c1-6-33-26(30)15-25-28(16-22-14-21(18(4)29)11-12-23(22)32-5)27(31)24(34-25)13-19-7-9-20(10-8-19)17(2)3/h7-15,17H,6,16H2,1-5H3/b24-13+,25-15-. The minimum Gasteiger partial charge on any atom is -0.496 e. The Kier molecular flexibility index (Phi) is 8.23. The lowest BCUT2D eigenvalue weighted by Crippen LogP contribution is -2.32. The number of hydrogen-bond donors (Lipinski definition) is 0. The van der Waals surface area contributed by atoms with E-state index in [0.29, 0.717) is 32.0 Å². The van der Waals surface area contributed by atoms with Crippen LogP contribution in [0.5, 0.6) is 5.75 Å². The Morgan fingerprint density at radius 3 is 2.41 bits per heavy atom. The Labute approximate surface area is 202 Å². The molecule has 0 atom stereocenters. The van der Waals surface area contributed by atoms with Crippen LogP contribution < -0.4 is 19.5 Å². The quantitative estimate of drug-likeness (QED) is 0.365. The van der Waals surface area contributed by atoms with Gasteiger partial charge in [-0.3, -0.25) is 14.2 Å². The predicted octanol–water partition coefficient (Wildman–Crippen LogP) is 3.47. The van der Waals surface area contributed by atoms with Crippen molar-refractivity contribution in [1.82, 2.24) is 4.57 Å². The molecule has 34 heavy (non-hydrogen) atoms. The molecule has 0 spiro atoms. The van der Waals surface area contributed by atoms with E-state index in [-0.39, 0.29) is 24.5 Å². The molecule has 0 saturated carbocycles. The monoisotopic (exact) mass is 479 g/mol. The Bertz CT molecular complexity index is 1360. The van der Waals surface area contributed by atoms with Gasteiger partial charge in [0.05, 0.1) is 30.9 Å². The number of hydrogen-bond acceptors (Lipinski definition) is 6. The summed E-state index contributed by atoms with van der Waals surface area (Å²) in [5.41, 5.74) is 3.07. The number of benzene rings is 2. The maximum atomic E-state index is 13.4. The fourth-order valence-electron chi connectivity index (χ4n) is 3.50. The van der Waals surface area contributed by atoms with Gasteiger partial charge in [0.1, 0.15) is 10.4 Å². The van der Waals surface area contributed by atoms with E-state index >= 15 is 0 Å². The first-order valence-electron chi connectivity index (χ1n) is 11.1. The minimum atomic E-state index is -0.519. The van der Waals surface area contributed by atoms with Gasteiger partial charge >= 0.3 is 5.97 Å². The summed E-state index contributed by atoms with van der Waals surface area (Å²) in [5, 5.41) is 0. The average molecular weight is 480 g/mol. The number of Topliss-reactive ketones (excluding diaryl/α,β-unsaturated/α-hetero) is 1. The summed E-state index contributed by atoms with van der Waals surface area (Å²) in [6, 6.07) is 13.2. The molecule has 0 unspecified atom stereocenters. The van der Waals surface area contributed by atoms with E-state index in [2.05, 4.69) is 13.8 Å². The molecule has 0 radical (unpaired) electrons. The number of methoxy groups -OCH3 is 1. The Morgan fingerprint density at radius 1 is 1.12 bits per heavy atom. The SMILES string of the molecule is CCOC(=O)/C=c1\s/c(=C/c2ccc(C(C)C)cc2)c(=O)n1Cc1cc(C(C)=O)ccc1OC. The fraction of sp³-hybridized carbons (Fsp3) is 0.296. The zero-order valence-electron chi connectivity index (χ0n) is 20.1. The van der Waals surface area contributed by atoms with Crippen molar-refractivity contribution >= 4 is 35.2 Å². The number of esters is 1. The first kappa shape index (κ1) is 25.2. The lowest BCUT2D eigenvalue weighted by Gasteiger charge is -2.10. The Balaban J connectivity index is 2.16. The Morgan fingerprint density at radius 2 is 1.82 bits per heavy atom. The van der Waals surface area contributed by atoms with Gasteiger partial charge in [0.2, 0.25) is 0 Å². The van der Waals surface area contributed by atoms with Crippen molar-refractivity contribution in [3.05, 3.63) is 84.3 Å². The molecule has 0 aliphatic rings. The molecule has 7 heteroatoms. The van der Waals surface area contributed by atoms with Gasteiger partial charge in [0.15, 0.2) is 5.78 Å². The number of ether oxygens (including phenoxy) is 2. The lowest BCUT2D eigenvalue weighted by molar-refractivity contribution is -0.135. The zero-order chi connectivity index (χ0) is 24.8. The van der Waals surface area contributed by atoms with Crippen LogP contribution >= 0.6 is 11.3 Å². The van der Waals surface area contributed by atoms with E-state index in [1.165, 1.54) is 41.6 Å². The molecule has 3 rings (SSSR count). The van der Waals surface area contributed by atoms with Crippen molar-refractivity contribution in [1.29, 1.82) is 0 Å². The van der Waals surface area contributed by atoms with Gasteiger partial charge < -0.3 is 9.47 Å². The van der Waals surface area contributed by atoms with Crippen molar-refractivity contribution in [3.8, 4) is 5.75 Å². The highest BCUT2D eigenvalue weighted by atomic mass is 32.1. The third kappa shape index (κ3) is 5.91. The van der Waals surface area contributed by atoms with Crippen LogP contribution in [0.25, 0.3) is 12.2 Å². The maximum absolute atomic E-state index is 13.4. The molecular weight excluding hydrogens is 450 g/mol. The van der Waals surface area contributed by atoms with Crippen LogP contribution in [0.1, 0.15) is 60.7 Å². The molecule has 0 aliphatic heterocycles. The molecular formula is C27H29NO5S. The predicted molar refractivity (Wildman–Crippen MR) is 135 cm³/mol. The summed E-state index contributed by atoms with van der Waals surface area (Å²) in [6.07, 6.45) is 3.15. The van der Waals surface area contributed by atoms with Crippen molar-refractivity contribution < 1.29 is 19.1 Å². The largest absolute Gasteiger partial charge is 0.496 e. The first-order valence-corrected chi connectivity index (χ1v) is 11.9. The van der Waals surface area contributed by atoms with Crippen LogP contribution in [-0.4, -0.2) is 30.0 Å². The van der Waals surface area contributed by atoms with E-state index in [9.17, 15) is 14.4 Å². The summed E-state index contributed by atoms with van der Waals surface area (Å²) in [4.78, 5) is 37.5. The molecule has 0 saturated heterocycles. The molecule has 3 aromatic rings. The maximum Gasteiger partial charge on any atom is 0.333 e. The third-order valence-electron chi connectivity index (χ3n) is 5.38. The first-order chi connectivity index (χ1) is 16.2.